The van der Waals surface area contributed by atoms with Gasteiger partial charge in [0.25, 0.3) is 0 Å². The Morgan fingerprint density at radius 1 is 1.39 bits per heavy atom. The van der Waals surface area contributed by atoms with Gasteiger partial charge < -0.3 is 9.63 Å². The van der Waals surface area contributed by atoms with Crippen molar-refractivity contribution in [2.45, 2.75) is 23.5 Å². The van der Waals surface area contributed by atoms with Crippen molar-refractivity contribution in [2.24, 2.45) is 0 Å². The van der Waals surface area contributed by atoms with Crippen LogP contribution in [0.5, 0.6) is 0 Å². The Morgan fingerprint density at radius 2 is 2.13 bits per heavy atom. The van der Waals surface area contributed by atoms with Crippen LogP contribution in [-0.4, -0.2) is 33.3 Å². The number of aromatic nitrogens is 1. The van der Waals surface area contributed by atoms with E-state index < -0.39 is 17.1 Å². The lowest BCUT2D eigenvalue weighted by molar-refractivity contribution is -0.121. The van der Waals surface area contributed by atoms with E-state index in [-0.39, 0.29) is 23.7 Å². The van der Waals surface area contributed by atoms with Crippen molar-refractivity contribution in [3.8, 4) is 0 Å². The normalized spacial score (nSPS) is 17.8. The summed E-state index contributed by atoms with van der Waals surface area (Å²) in [6.45, 7) is 1.66. The molecular weight excluding hydrogens is 320 g/mol. The van der Waals surface area contributed by atoms with Crippen LogP contribution in [0.3, 0.4) is 0 Å². The van der Waals surface area contributed by atoms with Gasteiger partial charge in [-0.2, -0.15) is 0 Å². The number of carboxylic acid groups (broad SMARTS) is 1. The molecule has 2 aromatic rings. The minimum atomic E-state index is -1.08. The standard InChI is InChI=1S/C15H12N2O5S/c1-8-6-12(16-22-8)17-13(18)7-11(14(17)19)23-10-5-3-2-4-9(10)15(20)21/h2-6,11H,7H2,1H3,(H,20,21). The zero-order valence-corrected chi connectivity index (χ0v) is 12.9. The number of hydrogen-bond acceptors (Lipinski definition) is 6. The Kier molecular flexibility index (Phi) is 3.91. The summed E-state index contributed by atoms with van der Waals surface area (Å²) < 4.78 is 4.90. The van der Waals surface area contributed by atoms with Crippen molar-refractivity contribution in [1.82, 2.24) is 5.16 Å². The molecule has 0 bridgehead atoms. The highest BCUT2D eigenvalue weighted by molar-refractivity contribution is 8.00. The Morgan fingerprint density at radius 3 is 2.78 bits per heavy atom. The van der Waals surface area contributed by atoms with Gasteiger partial charge in [0.15, 0.2) is 5.82 Å². The van der Waals surface area contributed by atoms with E-state index in [9.17, 15) is 19.5 Å². The van der Waals surface area contributed by atoms with Crippen LogP contribution in [0.25, 0.3) is 0 Å². The average Bonchev–Trinajstić information content (AvgIpc) is 3.03. The lowest BCUT2D eigenvalue weighted by Gasteiger charge is -2.11. The van der Waals surface area contributed by atoms with Crippen molar-refractivity contribution in [1.29, 1.82) is 0 Å². The van der Waals surface area contributed by atoms with Gasteiger partial charge in [0.1, 0.15) is 5.76 Å². The summed E-state index contributed by atoms with van der Waals surface area (Å²) in [5.74, 6) is -1.23. The Hall–Kier alpha value is -2.61. The predicted octanol–water partition coefficient (Wildman–Crippen LogP) is 2.11. The molecule has 1 aliphatic rings. The fourth-order valence-corrected chi connectivity index (χ4v) is 3.47. The zero-order chi connectivity index (χ0) is 16.6. The summed E-state index contributed by atoms with van der Waals surface area (Å²) in [4.78, 5) is 37.2. The van der Waals surface area contributed by atoms with Crippen molar-refractivity contribution in [3.05, 3.63) is 41.7 Å². The maximum atomic E-state index is 12.5. The molecule has 8 heteroatoms. The summed E-state index contributed by atoms with van der Waals surface area (Å²) in [5.41, 5.74) is 0.105. The summed E-state index contributed by atoms with van der Waals surface area (Å²) in [7, 11) is 0. The first kappa shape index (κ1) is 15.3. The molecule has 118 valence electrons. The summed E-state index contributed by atoms with van der Waals surface area (Å²) in [6, 6.07) is 7.89. The second kappa shape index (κ2) is 5.88. The molecule has 1 aromatic heterocycles. The fraction of sp³-hybridized carbons (Fsp3) is 0.200. The van der Waals surface area contributed by atoms with Gasteiger partial charge in [-0.3, -0.25) is 9.59 Å². The second-order valence-electron chi connectivity index (χ2n) is 4.98. The number of anilines is 1. The van der Waals surface area contributed by atoms with Gasteiger partial charge in [0.05, 0.1) is 10.8 Å². The number of imide groups is 1. The number of amides is 2. The number of carbonyl (C=O) groups excluding carboxylic acids is 2. The average molecular weight is 332 g/mol. The van der Waals surface area contributed by atoms with E-state index in [1.54, 1.807) is 25.1 Å². The number of thioether (sulfide) groups is 1. The summed E-state index contributed by atoms with van der Waals surface area (Å²) in [6.07, 6.45) is -0.0106. The molecule has 1 aromatic carbocycles. The Labute approximate surface area is 135 Å². The van der Waals surface area contributed by atoms with Gasteiger partial charge in [-0.05, 0) is 19.1 Å². The van der Waals surface area contributed by atoms with E-state index in [2.05, 4.69) is 5.16 Å². The van der Waals surface area contributed by atoms with E-state index in [0.29, 0.717) is 10.7 Å². The molecule has 0 aliphatic carbocycles. The Bertz CT molecular complexity index is 801. The summed E-state index contributed by atoms with van der Waals surface area (Å²) >= 11 is 1.07. The predicted molar refractivity (Wildman–Crippen MR) is 81.4 cm³/mol. The zero-order valence-electron chi connectivity index (χ0n) is 12.1. The van der Waals surface area contributed by atoms with Gasteiger partial charge in [0, 0.05) is 17.4 Å². The van der Waals surface area contributed by atoms with Gasteiger partial charge >= 0.3 is 5.97 Å². The maximum absolute atomic E-state index is 12.5. The van der Waals surface area contributed by atoms with E-state index >= 15 is 0 Å². The van der Waals surface area contributed by atoms with Gasteiger partial charge in [-0.1, -0.05) is 17.3 Å². The van der Waals surface area contributed by atoms with Crippen LogP contribution in [0, 0.1) is 6.92 Å². The second-order valence-corrected chi connectivity index (χ2v) is 6.22. The van der Waals surface area contributed by atoms with Crippen molar-refractivity contribution in [2.75, 3.05) is 4.90 Å². The molecule has 1 N–H and O–H groups in total. The highest BCUT2D eigenvalue weighted by Gasteiger charge is 2.41. The lowest BCUT2D eigenvalue weighted by atomic mass is 10.2. The molecule has 2 heterocycles. The highest BCUT2D eigenvalue weighted by Crippen LogP contribution is 2.35. The molecule has 3 rings (SSSR count). The number of benzene rings is 1. The number of carboxylic acids is 1. The molecule has 1 unspecified atom stereocenters. The smallest absolute Gasteiger partial charge is 0.336 e. The third-order valence-corrected chi connectivity index (χ3v) is 4.60. The first-order valence-corrected chi connectivity index (χ1v) is 7.64. The van der Waals surface area contributed by atoms with E-state index in [4.69, 9.17) is 4.52 Å². The molecule has 2 amide bonds. The molecule has 0 saturated carbocycles. The molecule has 0 spiro atoms. The van der Waals surface area contributed by atoms with Crippen LogP contribution < -0.4 is 4.90 Å². The molecule has 23 heavy (non-hydrogen) atoms. The van der Waals surface area contributed by atoms with Crippen LogP contribution in [-0.2, 0) is 9.59 Å². The first-order valence-electron chi connectivity index (χ1n) is 6.76. The number of aryl methyl sites for hydroxylation is 1. The molecule has 1 fully saturated rings. The van der Waals surface area contributed by atoms with E-state index in [0.717, 1.165) is 16.7 Å². The molecule has 0 radical (unpaired) electrons. The first-order chi connectivity index (χ1) is 11.0. The van der Waals surface area contributed by atoms with Crippen LogP contribution in [0.4, 0.5) is 5.82 Å². The van der Waals surface area contributed by atoms with E-state index in [1.807, 2.05) is 0 Å². The van der Waals surface area contributed by atoms with Gasteiger partial charge in [-0.15, -0.1) is 11.8 Å². The van der Waals surface area contributed by atoms with Crippen molar-refractivity contribution < 1.29 is 24.0 Å². The van der Waals surface area contributed by atoms with E-state index in [1.165, 1.54) is 12.1 Å². The molecule has 1 saturated heterocycles. The number of rotatable bonds is 4. The van der Waals surface area contributed by atoms with Gasteiger partial charge in [-0.25, -0.2) is 9.69 Å². The quantitative estimate of drug-likeness (QED) is 0.856. The number of hydrogen-bond donors (Lipinski definition) is 1. The van der Waals surface area contributed by atoms with Crippen LogP contribution in [0.1, 0.15) is 22.5 Å². The highest BCUT2D eigenvalue weighted by atomic mass is 32.2. The Balaban J connectivity index is 1.85. The lowest BCUT2D eigenvalue weighted by Crippen LogP contribution is -2.31. The molecule has 7 nitrogen and oxygen atoms in total. The third kappa shape index (κ3) is 2.85. The maximum Gasteiger partial charge on any atom is 0.336 e. The minimum absolute atomic E-state index is 0.0106. The molecule has 1 aliphatic heterocycles. The minimum Gasteiger partial charge on any atom is -0.478 e. The van der Waals surface area contributed by atoms with Crippen LogP contribution >= 0.6 is 11.8 Å². The van der Waals surface area contributed by atoms with Crippen LogP contribution in [0.2, 0.25) is 0 Å². The van der Waals surface area contributed by atoms with Crippen molar-refractivity contribution in [3.63, 3.8) is 0 Å². The van der Waals surface area contributed by atoms with Crippen molar-refractivity contribution >= 4 is 35.4 Å². The van der Waals surface area contributed by atoms with Crippen LogP contribution in [0.15, 0.2) is 39.8 Å². The number of aromatic carboxylic acids is 1. The summed E-state index contributed by atoms with van der Waals surface area (Å²) in [5, 5.41) is 12.2. The SMILES string of the molecule is Cc1cc(N2C(=O)CC(Sc3ccccc3C(=O)O)C2=O)no1. The third-order valence-electron chi connectivity index (χ3n) is 3.34. The van der Waals surface area contributed by atoms with Gasteiger partial charge in [0.2, 0.25) is 11.8 Å². The largest absolute Gasteiger partial charge is 0.478 e. The fourth-order valence-electron chi connectivity index (χ4n) is 2.29. The molecule has 1 atom stereocenters. The number of nitrogens with zero attached hydrogens (tertiary/aromatic N) is 2. The number of carbonyl (C=O) groups is 3. The monoisotopic (exact) mass is 332 g/mol. The molecular formula is C15H12N2O5S. The topological polar surface area (TPSA) is 101 Å².